The summed E-state index contributed by atoms with van der Waals surface area (Å²) in [5.41, 5.74) is 1.18. The highest BCUT2D eigenvalue weighted by molar-refractivity contribution is 6.22. The molecular weight excluding hydrogens is 427 g/mol. The fourth-order valence-corrected chi connectivity index (χ4v) is 3.85. The molecule has 0 radical (unpaired) electrons. The summed E-state index contributed by atoms with van der Waals surface area (Å²) in [7, 11) is 3.33. The monoisotopic (exact) mass is 450 g/mol. The van der Waals surface area contributed by atoms with Crippen LogP contribution in [0.1, 0.15) is 54.9 Å². The first-order valence-electron chi connectivity index (χ1n) is 10.4. The molecule has 0 spiro atoms. The molecule has 8 nitrogen and oxygen atoms in total. The van der Waals surface area contributed by atoms with Gasteiger partial charge in [-0.15, -0.1) is 0 Å². The lowest BCUT2D eigenvalue weighted by molar-refractivity contribution is 0.0638. The third-order valence-corrected chi connectivity index (χ3v) is 5.54. The van der Waals surface area contributed by atoms with Gasteiger partial charge in [-0.25, -0.2) is 9.37 Å². The van der Waals surface area contributed by atoms with Crippen LogP contribution in [-0.2, 0) is 11.8 Å². The second-order valence-electron chi connectivity index (χ2n) is 7.73. The number of carbonyl (C=O) groups is 3. The van der Waals surface area contributed by atoms with E-state index in [0.29, 0.717) is 24.4 Å². The number of fused-ring (bicyclic) bond motifs is 1. The standard InChI is InChI=1S/C24H23FN4O4/c1-28-11-9-26-21(28)20(15-5-3-6-17(25)13-15)27-22(30)16-7-8-18-19(14-16)24(32)29(23(18)31)10-4-12-33-2/h3,5-9,11,13-14,20H,4,10,12H2,1-2H3,(H,27,30). The maximum Gasteiger partial charge on any atom is 0.261 e. The highest BCUT2D eigenvalue weighted by atomic mass is 19.1. The van der Waals surface area contributed by atoms with Gasteiger partial charge < -0.3 is 14.6 Å². The molecule has 9 heteroatoms. The third kappa shape index (κ3) is 4.40. The van der Waals surface area contributed by atoms with Crippen molar-refractivity contribution in [1.29, 1.82) is 0 Å². The van der Waals surface area contributed by atoms with Gasteiger partial charge in [0.25, 0.3) is 17.7 Å². The molecule has 3 aromatic rings. The van der Waals surface area contributed by atoms with Crippen LogP contribution in [0.4, 0.5) is 4.39 Å². The number of nitrogens with one attached hydrogen (secondary N) is 1. The number of imidazole rings is 1. The Morgan fingerprint density at radius 1 is 1.15 bits per heavy atom. The van der Waals surface area contributed by atoms with E-state index in [9.17, 15) is 18.8 Å². The lowest BCUT2D eigenvalue weighted by Gasteiger charge is -2.19. The number of hydrogen-bond donors (Lipinski definition) is 1. The first-order chi connectivity index (χ1) is 15.9. The van der Waals surface area contributed by atoms with E-state index in [-0.39, 0.29) is 29.1 Å². The van der Waals surface area contributed by atoms with Gasteiger partial charge in [0.2, 0.25) is 0 Å². The van der Waals surface area contributed by atoms with Crippen molar-refractivity contribution < 1.29 is 23.5 Å². The van der Waals surface area contributed by atoms with Crippen LogP contribution in [0, 0.1) is 5.82 Å². The van der Waals surface area contributed by atoms with Gasteiger partial charge in [0.05, 0.1) is 11.1 Å². The summed E-state index contributed by atoms with van der Waals surface area (Å²) in [6.07, 6.45) is 3.84. The Labute approximate surface area is 190 Å². The van der Waals surface area contributed by atoms with Crippen LogP contribution in [0.3, 0.4) is 0 Å². The predicted molar refractivity (Wildman–Crippen MR) is 117 cm³/mol. The van der Waals surface area contributed by atoms with Crippen molar-refractivity contribution in [2.45, 2.75) is 12.5 Å². The summed E-state index contributed by atoms with van der Waals surface area (Å²) < 4.78 is 20.6. The highest BCUT2D eigenvalue weighted by Gasteiger charge is 2.35. The molecular formula is C24H23FN4O4. The molecule has 0 aliphatic carbocycles. The number of imide groups is 1. The van der Waals surface area contributed by atoms with E-state index in [1.807, 2.05) is 0 Å². The van der Waals surface area contributed by atoms with Crippen LogP contribution in [0.5, 0.6) is 0 Å². The first kappa shape index (κ1) is 22.3. The Morgan fingerprint density at radius 3 is 2.64 bits per heavy atom. The Balaban J connectivity index is 1.60. The van der Waals surface area contributed by atoms with Gasteiger partial charge in [-0.3, -0.25) is 19.3 Å². The van der Waals surface area contributed by atoms with Gasteiger partial charge >= 0.3 is 0 Å². The van der Waals surface area contributed by atoms with E-state index in [1.54, 1.807) is 43.3 Å². The number of halogens is 1. The molecule has 33 heavy (non-hydrogen) atoms. The topological polar surface area (TPSA) is 93.5 Å². The number of nitrogens with zero attached hydrogens (tertiary/aromatic N) is 3. The molecule has 1 aliphatic rings. The molecule has 4 rings (SSSR count). The fraction of sp³-hybridized carbons (Fsp3) is 0.250. The van der Waals surface area contributed by atoms with E-state index in [2.05, 4.69) is 10.3 Å². The Bertz CT molecular complexity index is 1220. The fourth-order valence-electron chi connectivity index (χ4n) is 3.85. The molecule has 1 aromatic heterocycles. The maximum absolute atomic E-state index is 13.9. The zero-order valence-electron chi connectivity index (χ0n) is 18.2. The lowest BCUT2D eigenvalue weighted by atomic mass is 10.0. The molecule has 0 fully saturated rings. The SMILES string of the molecule is COCCCN1C(=O)c2ccc(C(=O)NC(c3cccc(F)c3)c3nccn3C)cc2C1=O. The van der Waals surface area contributed by atoms with E-state index >= 15 is 0 Å². The number of methoxy groups -OCH3 is 1. The summed E-state index contributed by atoms with van der Waals surface area (Å²) in [6, 6.07) is 9.60. The van der Waals surface area contributed by atoms with Gasteiger partial charge in [0.1, 0.15) is 17.7 Å². The number of carbonyl (C=O) groups excluding carboxylic acids is 3. The molecule has 0 saturated heterocycles. The largest absolute Gasteiger partial charge is 0.385 e. The van der Waals surface area contributed by atoms with Crippen molar-refractivity contribution in [2.24, 2.45) is 7.05 Å². The van der Waals surface area contributed by atoms with E-state index in [0.717, 1.165) is 4.90 Å². The number of hydrogen-bond acceptors (Lipinski definition) is 5. The zero-order chi connectivity index (χ0) is 23.5. The molecule has 0 bridgehead atoms. The molecule has 3 amide bonds. The van der Waals surface area contributed by atoms with Crippen LogP contribution >= 0.6 is 0 Å². The van der Waals surface area contributed by atoms with Crippen molar-refractivity contribution in [3.8, 4) is 0 Å². The summed E-state index contributed by atoms with van der Waals surface area (Å²) in [4.78, 5) is 44.0. The molecule has 2 heterocycles. The minimum atomic E-state index is -0.718. The molecule has 1 N–H and O–H groups in total. The number of aryl methyl sites for hydroxylation is 1. The number of benzene rings is 2. The summed E-state index contributed by atoms with van der Waals surface area (Å²) in [5, 5.41) is 2.88. The van der Waals surface area contributed by atoms with Crippen LogP contribution in [0.25, 0.3) is 0 Å². The minimum absolute atomic E-state index is 0.185. The smallest absolute Gasteiger partial charge is 0.261 e. The Morgan fingerprint density at radius 2 is 1.94 bits per heavy atom. The number of aromatic nitrogens is 2. The highest BCUT2D eigenvalue weighted by Crippen LogP contribution is 2.26. The molecule has 0 saturated carbocycles. The van der Waals surface area contributed by atoms with Crippen molar-refractivity contribution in [3.63, 3.8) is 0 Å². The predicted octanol–water partition coefficient (Wildman–Crippen LogP) is 2.71. The molecule has 1 atom stereocenters. The van der Waals surface area contributed by atoms with Crippen molar-refractivity contribution >= 4 is 17.7 Å². The summed E-state index contributed by atoms with van der Waals surface area (Å²) in [6.45, 7) is 0.665. The molecule has 1 unspecified atom stereocenters. The van der Waals surface area contributed by atoms with Gasteiger partial charge in [0, 0.05) is 45.3 Å². The summed E-state index contributed by atoms with van der Waals surface area (Å²) >= 11 is 0. The van der Waals surface area contributed by atoms with Crippen molar-refractivity contribution in [3.05, 3.63) is 88.8 Å². The average Bonchev–Trinajstić information content (AvgIpc) is 3.33. The molecule has 1 aliphatic heterocycles. The van der Waals surface area contributed by atoms with Crippen LogP contribution < -0.4 is 5.32 Å². The first-order valence-corrected chi connectivity index (χ1v) is 10.4. The number of rotatable bonds is 8. The molecule has 2 aromatic carbocycles. The second-order valence-corrected chi connectivity index (χ2v) is 7.73. The van der Waals surface area contributed by atoms with Crippen LogP contribution in [0.2, 0.25) is 0 Å². The summed E-state index contributed by atoms with van der Waals surface area (Å²) in [5.74, 6) is -1.22. The lowest BCUT2D eigenvalue weighted by Crippen LogP contribution is -2.31. The Hall–Kier alpha value is -3.85. The second kappa shape index (κ2) is 9.33. The Kier molecular flexibility index (Phi) is 6.32. The normalized spacial score (nSPS) is 13.8. The van der Waals surface area contributed by atoms with E-state index in [4.69, 9.17) is 4.74 Å². The van der Waals surface area contributed by atoms with Gasteiger partial charge in [-0.2, -0.15) is 0 Å². The zero-order valence-corrected chi connectivity index (χ0v) is 18.2. The van der Waals surface area contributed by atoms with E-state index < -0.39 is 23.7 Å². The van der Waals surface area contributed by atoms with Crippen molar-refractivity contribution in [1.82, 2.24) is 19.8 Å². The van der Waals surface area contributed by atoms with Crippen LogP contribution in [-0.4, -0.2) is 52.4 Å². The quantitative estimate of drug-likeness (QED) is 0.421. The maximum atomic E-state index is 13.9. The number of amides is 3. The molecule has 170 valence electrons. The minimum Gasteiger partial charge on any atom is -0.385 e. The van der Waals surface area contributed by atoms with E-state index in [1.165, 1.54) is 30.3 Å². The third-order valence-electron chi connectivity index (χ3n) is 5.54. The van der Waals surface area contributed by atoms with Crippen LogP contribution in [0.15, 0.2) is 54.9 Å². The van der Waals surface area contributed by atoms with Gasteiger partial charge in [-0.05, 0) is 42.3 Å². The van der Waals surface area contributed by atoms with Gasteiger partial charge in [-0.1, -0.05) is 12.1 Å². The average molecular weight is 450 g/mol. The van der Waals surface area contributed by atoms with Gasteiger partial charge in [0.15, 0.2) is 0 Å². The van der Waals surface area contributed by atoms with Crippen molar-refractivity contribution in [2.75, 3.05) is 20.3 Å². The number of ether oxygens (including phenoxy) is 1.